The van der Waals surface area contributed by atoms with Gasteiger partial charge in [-0.3, -0.25) is 0 Å². The Hall–Kier alpha value is -0.820. The first-order chi connectivity index (χ1) is 4.85. The van der Waals surface area contributed by atoms with Crippen molar-refractivity contribution in [1.29, 1.82) is 0 Å². The van der Waals surface area contributed by atoms with Crippen molar-refractivity contribution >= 4 is 0 Å². The number of allylic oxidation sites excluding steroid dienone is 3. The molecular formula is C9H14O. The van der Waals surface area contributed by atoms with Gasteiger partial charge in [0.15, 0.2) is 0 Å². The lowest BCUT2D eigenvalue weighted by Gasteiger charge is -1.93. The molecule has 0 atom stereocenters. The van der Waals surface area contributed by atoms with Crippen LogP contribution in [0, 0.1) is 0 Å². The Kier molecular flexibility index (Phi) is 5.79. The van der Waals surface area contributed by atoms with Crippen molar-refractivity contribution in [3.8, 4) is 0 Å². The third-order valence-corrected chi connectivity index (χ3v) is 1.17. The van der Waals surface area contributed by atoms with Gasteiger partial charge in [-0.25, -0.2) is 0 Å². The summed E-state index contributed by atoms with van der Waals surface area (Å²) >= 11 is 0. The van der Waals surface area contributed by atoms with E-state index in [-0.39, 0.29) is 0 Å². The Labute approximate surface area is 62.7 Å². The fourth-order valence-electron chi connectivity index (χ4n) is 0.593. The second-order valence-corrected chi connectivity index (χ2v) is 1.89. The van der Waals surface area contributed by atoms with Crippen LogP contribution in [-0.2, 0) is 4.74 Å². The summed E-state index contributed by atoms with van der Waals surface area (Å²) in [5.74, 6) is 0. The molecule has 0 fully saturated rings. The molecule has 1 nitrogen and oxygen atoms in total. The lowest BCUT2D eigenvalue weighted by atomic mass is 10.2. The second kappa shape index (κ2) is 6.30. The summed E-state index contributed by atoms with van der Waals surface area (Å²) in [6.07, 6.45) is 6.53. The van der Waals surface area contributed by atoms with E-state index in [2.05, 4.69) is 13.2 Å². The molecule has 0 spiro atoms. The molecule has 56 valence electrons. The molecule has 0 amide bonds. The molecule has 0 aromatic heterocycles. The first-order valence-corrected chi connectivity index (χ1v) is 3.29. The third kappa shape index (κ3) is 4.10. The highest BCUT2D eigenvalue weighted by Gasteiger charge is 1.82. The SMILES string of the molecule is C=CC(C=C)=CCCOC. The maximum absolute atomic E-state index is 4.87. The summed E-state index contributed by atoms with van der Waals surface area (Å²) < 4.78 is 4.87. The van der Waals surface area contributed by atoms with Crippen molar-refractivity contribution in [2.45, 2.75) is 6.42 Å². The van der Waals surface area contributed by atoms with Crippen LogP contribution in [0.3, 0.4) is 0 Å². The summed E-state index contributed by atoms with van der Waals surface area (Å²) in [5.41, 5.74) is 1.07. The van der Waals surface area contributed by atoms with E-state index in [0.29, 0.717) is 0 Å². The van der Waals surface area contributed by atoms with Crippen LogP contribution in [0.4, 0.5) is 0 Å². The van der Waals surface area contributed by atoms with Gasteiger partial charge in [0.1, 0.15) is 0 Å². The summed E-state index contributed by atoms with van der Waals surface area (Å²) in [6.45, 7) is 8.02. The van der Waals surface area contributed by atoms with Gasteiger partial charge in [-0.05, 0) is 12.0 Å². The van der Waals surface area contributed by atoms with E-state index in [0.717, 1.165) is 18.6 Å². The zero-order valence-corrected chi connectivity index (χ0v) is 6.47. The molecule has 0 N–H and O–H groups in total. The molecule has 0 radical (unpaired) electrons. The van der Waals surface area contributed by atoms with Gasteiger partial charge in [0.2, 0.25) is 0 Å². The fourth-order valence-corrected chi connectivity index (χ4v) is 0.593. The number of ether oxygens (including phenoxy) is 1. The van der Waals surface area contributed by atoms with Gasteiger partial charge in [-0.2, -0.15) is 0 Å². The molecule has 0 bridgehead atoms. The third-order valence-electron chi connectivity index (χ3n) is 1.17. The maximum Gasteiger partial charge on any atom is 0.0497 e. The topological polar surface area (TPSA) is 9.23 Å². The van der Waals surface area contributed by atoms with Crippen LogP contribution >= 0.6 is 0 Å². The predicted molar refractivity (Wildman–Crippen MR) is 45.0 cm³/mol. The summed E-state index contributed by atoms with van der Waals surface area (Å²) in [4.78, 5) is 0. The predicted octanol–water partition coefficient (Wildman–Crippen LogP) is 2.32. The van der Waals surface area contributed by atoms with Gasteiger partial charge >= 0.3 is 0 Å². The van der Waals surface area contributed by atoms with Crippen molar-refractivity contribution in [2.75, 3.05) is 13.7 Å². The minimum absolute atomic E-state index is 0.755. The largest absolute Gasteiger partial charge is 0.384 e. The van der Waals surface area contributed by atoms with Crippen LogP contribution in [0.2, 0.25) is 0 Å². The number of rotatable bonds is 5. The van der Waals surface area contributed by atoms with Crippen LogP contribution < -0.4 is 0 Å². The van der Waals surface area contributed by atoms with Crippen molar-refractivity contribution in [3.05, 3.63) is 37.0 Å². The van der Waals surface area contributed by atoms with Crippen molar-refractivity contribution < 1.29 is 4.74 Å². The lowest BCUT2D eigenvalue weighted by Crippen LogP contribution is -1.84. The van der Waals surface area contributed by atoms with Crippen LogP contribution in [0.25, 0.3) is 0 Å². The minimum Gasteiger partial charge on any atom is -0.384 e. The normalized spacial score (nSPS) is 8.50. The Morgan fingerprint density at radius 2 is 2.00 bits per heavy atom. The molecule has 0 unspecified atom stereocenters. The minimum atomic E-state index is 0.755. The van der Waals surface area contributed by atoms with Crippen molar-refractivity contribution in [2.24, 2.45) is 0 Å². The molecule has 0 aliphatic heterocycles. The molecule has 0 aliphatic carbocycles. The van der Waals surface area contributed by atoms with Gasteiger partial charge in [0.05, 0.1) is 0 Å². The van der Waals surface area contributed by atoms with Crippen LogP contribution in [0.1, 0.15) is 6.42 Å². The Balaban J connectivity index is 3.63. The van der Waals surface area contributed by atoms with E-state index in [1.165, 1.54) is 0 Å². The van der Waals surface area contributed by atoms with Crippen molar-refractivity contribution in [1.82, 2.24) is 0 Å². The van der Waals surface area contributed by atoms with E-state index in [9.17, 15) is 0 Å². The number of hydrogen-bond donors (Lipinski definition) is 0. The van der Waals surface area contributed by atoms with Gasteiger partial charge in [-0.1, -0.05) is 31.4 Å². The number of methoxy groups -OCH3 is 1. The van der Waals surface area contributed by atoms with Crippen LogP contribution in [0.5, 0.6) is 0 Å². The van der Waals surface area contributed by atoms with Gasteiger partial charge in [0.25, 0.3) is 0 Å². The second-order valence-electron chi connectivity index (χ2n) is 1.89. The highest BCUT2D eigenvalue weighted by molar-refractivity contribution is 5.26. The summed E-state index contributed by atoms with van der Waals surface area (Å²) in [5, 5.41) is 0. The maximum atomic E-state index is 4.87. The highest BCUT2D eigenvalue weighted by Crippen LogP contribution is 1.98. The quantitative estimate of drug-likeness (QED) is 0.418. The van der Waals surface area contributed by atoms with Gasteiger partial charge in [0, 0.05) is 13.7 Å². The zero-order valence-electron chi connectivity index (χ0n) is 6.47. The molecule has 0 rings (SSSR count). The monoisotopic (exact) mass is 138 g/mol. The first-order valence-electron chi connectivity index (χ1n) is 3.29. The van der Waals surface area contributed by atoms with Gasteiger partial charge < -0.3 is 4.74 Å². The molecule has 0 aliphatic rings. The average Bonchev–Trinajstić information content (AvgIpc) is 1.99. The molecular weight excluding hydrogens is 124 g/mol. The van der Waals surface area contributed by atoms with E-state index >= 15 is 0 Å². The molecule has 0 saturated carbocycles. The van der Waals surface area contributed by atoms with E-state index in [1.807, 2.05) is 6.08 Å². The summed E-state index contributed by atoms with van der Waals surface area (Å²) in [7, 11) is 1.69. The van der Waals surface area contributed by atoms with Crippen LogP contribution in [-0.4, -0.2) is 13.7 Å². The van der Waals surface area contributed by atoms with Crippen LogP contribution in [0.15, 0.2) is 37.0 Å². The van der Waals surface area contributed by atoms with E-state index in [1.54, 1.807) is 19.3 Å². The van der Waals surface area contributed by atoms with Gasteiger partial charge in [-0.15, -0.1) is 0 Å². The molecule has 0 aromatic carbocycles. The van der Waals surface area contributed by atoms with Crippen molar-refractivity contribution in [3.63, 3.8) is 0 Å². The average molecular weight is 138 g/mol. The Bertz CT molecular complexity index is 124. The highest BCUT2D eigenvalue weighted by atomic mass is 16.5. The smallest absolute Gasteiger partial charge is 0.0497 e. The van der Waals surface area contributed by atoms with E-state index in [4.69, 9.17) is 4.74 Å². The lowest BCUT2D eigenvalue weighted by molar-refractivity contribution is 0.204. The molecule has 0 aromatic rings. The molecule has 10 heavy (non-hydrogen) atoms. The fraction of sp³-hybridized carbons (Fsp3) is 0.333. The Morgan fingerprint density at radius 3 is 2.40 bits per heavy atom. The standard InChI is InChI=1S/C9H14O/c1-4-9(5-2)7-6-8-10-3/h4-5,7H,1-2,6,8H2,3H3. The summed E-state index contributed by atoms with van der Waals surface area (Å²) in [6, 6.07) is 0. The zero-order chi connectivity index (χ0) is 7.82. The number of hydrogen-bond acceptors (Lipinski definition) is 1. The first kappa shape index (κ1) is 9.18. The molecule has 1 heteroatoms. The Morgan fingerprint density at radius 1 is 1.40 bits per heavy atom. The molecule has 0 heterocycles. The molecule has 0 saturated heterocycles. The van der Waals surface area contributed by atoms with E-state index < -0.39 is 0 Å².